The molecule has 266 valence electrons. The van der Waals surface area contributed by atoms with Crippen LogP contribution in [0.25, 0.3) is 0 Å². The Balaban J connectivity index is 1.48. The number of carbonyl (C=O) groups excluding carboxylic acids is 2. The average molecular weight is 684 g/mol. The second-order valence-corrected chi connectivity index (χ2v) is 13.7. The number of aromatic nitrogens is 2. The van der Waals surface area contributed by atoms with Gasteiger partial charge in [-0.15, -0.1) is 4.68 Å². The molecule has 1 aromatic heterocycles. The van der Waals surface area contributed by atoms with Crippen LogP contribution in [0.3, 0.4) is 0 Å². The largest absolute Gasteiger partial charge is 0.466 e. The zero-order chi connectivity index (χ0) is 35.6. The van der Waals surface area contributed by atoms with Crippen molar-refractivity contribution in [2.24, 2.45) is 5.92 Å². The summed E-state index contributed by atoms with van der Waals surface area (Å²) in [5.41, 5.74) is 7.27. The van der Waals surface area contributed by atoms with Gasteiger partial charge in [0.25, 0.3) is 0 Å². The number of aryl methyl sites for hydroxylation is 1. The smallest absolute Gasteiger partial charge is 0.338 e. The summed E-state index contributed by atoms with van der Waals surface area (Å²) < 4.78 is 35.7. The number of nitrogens with one attached hydrogen (secondary N) is 1. The second-order valence-electron chi connectivity index (χ2n) is 13.7. The molecule has 8 heteroatoms. The maximum atomic E-state index is 15.7. The van der Waals surface area contributed by atoms with Gasteiger partial charge >= 0.3 is 11.9 Å². The molecule has 50 heavy (non-hydrogen) atoms. The van der Waals surface area contributed by atoms with Crippen LogP contribution >= 0.6 is 0 Å². The fraction of sp³-hybridized carbons (Fsp3) is 0.452. The zero-order valence-corrected chi connectivity index (χ0v) is 30.1. The van der Waals surface area contributed by atoms with Crippen molar-refractivity contribution < 1.29 is 32.9 Å². The summed E-state index contributed by atoms with van der Waals surface area (Å²) in [5, 5.41) is 3.73. The minimum atomic E-state index is -1.26. The maximum absolute atomic E-state index is 15.7. The molecule has 1 aliphatic rings. The third kappa shape index (κ3) is 9.27. The molecule has 5 rings (SSSR count). The predicted octanol–water partition coefficient (Wildman–Crippen LogP) is 7.87. The molecule has 0 unspecified atom stereocenters. The minimum Gasteiger partial charge on any atom is -0.466 e. The number of hydrogen-bond donors (Lipinski definition) is 1. The highest BCUT2D eigenvalue weighted by Crippen LogP contribution is 2.35. The molecule has 4 aromatic rings. The van der Waals surface area contributed by atoms with Crippen molar-refractivity contribution >= 4 is 11.9 Å². The first-order chi connectivity index (χ1) is 24.2. The van der Waals surface area contributed by atoms with Gasteiger partial charge in [-0.05, 0) is 55.4 Å². The van der Waals surface area contributed by atoms with Gasteiger partial charge in [0.2, 0.25) is 5.69 Å². The molecule has 0 aliphatic carbocycles. The molecule has 1 aliphatic heterocycles. The molecule has 5 atom stereocenters. The molecule has 1 fully saturated rings. The lowest BCUT2D eigenvalue weighted by atomic mass is 9.85. The Morgan fingerprint density at radius 3 is 2.20 bits per heavy atom. The van der Waals surface area contributed by atoms with Crippen molar-refractivity contribution in [1.82, 2.24) is 5.10 Å². The number of benzene rings is 3. The quantitative estimate of drug-likeness (QED) is 0.102. The van der Waals surface area contributed by atoms with Crippen LogP contribution < -0.4 is 4.68 Å². The van der Waals surface area contributed by atoms with Crippen LogP contribution in [0.2, 0.25) is 0 Å². The number of aromatic amines is 1. The van der Waals surface area contributed by atoms with E-state index in [1.807, 2.05) is 45.0 Å². The Bertz CT molecular complexity index is 1670. The van der Waals surface area contributed by atoms with Gasteiger partial charge in [0.15, 0.2) is 6.54 Å². The average Bonchev–Trinajstić information content (AvgIpc) is 3.45. The third-order valence-corrected chi connectivity index (χ3v) is 9.71. The summed E-state index contributed by atoms with van der Waals surface area (Å²) >= 11 is 0. The van der Waals surface area contributed by atoms with Gasteiger partial charge in [-0.1, -0.05) is 100 Å². The van der Waals surface area contributed by atoms with Crippen LogP contribution in [-0.4, -0.2) is 48.1 Å². The second kappa shape index (κ2) is 17.6. The summed E-state index contributed by atoms with van der Waals surface area (Å²) in [7, 11) is 0. The molecule has 0 radical (unpaired) electrons. The molecule has 1 N–H and O–H groups in total. The van der Waals surface area contributed by atoms with E-state index in [4.69, 9.17) is 14.2 Å². The van der Waals surface area contributed by atoms with Crippen molar-refractivity contribution in [3.8, 4) is 0 Å². The van der Waals surface area contributed by atoms with Crippen molar-refractivity contribution in [2.75, 3.05) is 6.61 Å². The molecule has 7 nitrogen and oxygen atoms in total. The van der Waals surface area contributed by atoms with E-state index in [-0.39, 0.29) is 11.9 Å². The van der Waals surface area contributed by atoms with Crippen LogP contribution in [0.1, 0.15) is 104 Å². The van der Waals surface area contributed by atoms with Crippen LogP contribution in [0, 0.1) is 5.92 Å². The highest BCUT2D eigenvalue weighted by molar-refractivity contribution is 5.89. The van der Waals surface area contributed by atoms with E-state index >= 15 is 4.39 Å². The van der Waals surface area contributed by atoms with E-state index in [0.29, 0.717) is 44.4 Å². The highest BCUT2D eigenvalue weighted by atomic mass is 19.1. The van der Waals surface area contributed by atoms with E-state index in [2.05, 4.69) is 60.0 Å². The van der Waals surface area contributed by atoms with E-state index in [1.54, 1.807) is 24.3 Å². The van der Waals surface area contributed by atoms with Crippen molar-refractivity contribution in [1.29, 1.82) is 0 Å². The Morgan fingerprint density at radius 2 is 1.56 bits per heavy atom. The number of esters is 2. The first-order valence-electron chi connectivity index (χ1n) is 18.1. The highest BCUT2D eigenvalue weighted by Gasteiger charge is 2.47. The predicted molar refractivity (Wildman–Crippen MR) is 192 cm³/mol. The Labute approximate surface area is 296 Å². The lowest BCUT2D eigenvalue weighted by Gasteiger charge is -2.41. The summed E-state index contributed by atoms with van der Waals surface area (Å²) in [5.74, 6) is -0.971. The SMILES string of the molecule is CCOC(=O)CCCc1ccc(Cc2c(C(C)C)[nH][n+](Cc3ccccc3)c2C[C@@H]2O[C@H](CC)[C@@H](F)[C@H](C)[C@H]2OC(=O)c2ccccc2)cc1. The van der Waals surface area contributed by atoms with E-state index in [1.165, 1.54) is 11.1 Å². The summed E-state index contributed by atoms with van der Waals surface area (Å²) in [4.78, 5) is 25.1. The normalized spacial score (nSPS) is 20.5. The maximum Gasteiger partial charge on any atom is 0.338 e. The fourth-order valence-corrected chi connectivity index (χ4v) is 6.97. The van der Waals surface area contributed by atoms with Crippen molar-refractivity contribution in [3.63, 3.8) is 0 Å². The zero-order valence-electron chi connectivity index (χ0n) is 30.1. The molecule has 0 amide bonds. The van der Waals surface area contributed by atoms with Crippen LogP contribution in [-0.2, 0) is 44.8 Å². The number of nitrogens with zero attached hydrogens (tertiary/aromatic N) is 1. The Kier molecular flexibility index (Phi) is 13.0. The van der Waals surface area contributed by atoms with Crippen LogP contribution in [0.5, 0.6) is 0 Å². The number of H-pyrrole nitrogens is 1. The lowest BCUT2D eigenvalue weighted by Crippen LogP contribution is -2.55. The summed E-state index contributed by atoms with van der Waals surface area (Å²) in [6, 6.07) is 27.8. The van der Waals surface area contributed by atoms with Gasteiger partial charge in [0.1, 0.15) is 18.4 Å². The van der Waals surface area contributed by atoms with Gasteiger partial charge in [-0.25, -0.2) is 9.18 Å². The van der Waals surface area contributed by atoms with Gasteiger partial charge < -0.3 is 14.2 Å². The van der Waals surface area contributed by atoms with Gasteiger partial charge in [-0.2, -0.15) is 5.10 Å². The van der Waals surface area contributed by atoms with Crippen molar-refractivity contribution in [2.45, 2.75) is 110 Å². The third-order valence-electron chi connectivity index (χ3n) is 9.71. The number of rotatable bonds is 15. The molecule has 2 heterocycles. The van der Waals surface area contributed by atoms with E-state index in [0.717, 1.165) is 35.4 Å². The topological polar surface area (TPSA) is 81.5 Å². The van der Waals surface area contributed by atoms with E-state index < -0.39 is 36.4 Å². The van der Waals surface area contributed by atoms with Crippen LogP contribution in [0.15, 0.2) is 84.9 Å². The first-order valence-corrected chi connectivity index (χ1v) is 18.1. The fourth-order valence-electron chi connectivity index (χ4n) is 6.97. The number of ether oxygens (including phenoxy) is 3. The first kappa shape index (κ1) is 37.0. The monoisotopic (exact) mass is 683 g/mol. The number of hydrogen-bond acceptors (Lipinski definition) is 5. The molecule has 0 saturated carbocycles. The van der Waals surface area contributed by atoms with Gasteiger partial charge in [0, 0.05) is 24.3 Å². The summed E-state index contributed by atoms with van der Waals surface area (Å²) in [6.45, 7) is 11.0. The molecular weight excluding hydrogens is 631 g/mol. The summed E-state index contributed by atoms with van der Waals surface area (Å²) in [6.07, 6.45) is 0.436. The van der Waals surface area contributed by atoms with Gasteiger partial charge in [0.05, 0.1) is 36.0 Å². The molecule has 1 saturated heterocycles. The lowest BCUT2D eigenvalue weighted by molar-refractivity contribution is -0.749. The number of halogens is 1. The molecule has 3 aromatic carbocycles. The van der Waals surface area contributed by atoms with Crippen LogP contribution in [0.4, 0.5) is 4.39 Å². The molecule has 0 bridgehead atoms. The standard InChI is InChI=1S/C42H51FN2O5/c1-6-36-39(43)29(5)41(50-42(47)33-18-12-9-13-19-33)37(49-36)26-35-34(40(28(3)4)44-45(35)27-32-15-10-8-11-16-32)25-31-23-21-30(22-24-31)17-14-20-38(46)48-7-2/h8-13,15-16,18-19,21-24,28-29,36-37,39,41H,6-7,14,17,20,25-27H2,1-5H3/p+1/t29-,36+,37-,39-,41+/m0/s1. The number of alkyl halides is 1. The molecular formula is C42H52FN2O5+. The van der Waals surface area contributed by atoms with Crippen molar-refractivity contribution in [3.05, 3.63) is 124 Å². The number of carbonyl (C=O) groups is 2. The molecule has 0 spiro atoms. The Morgan fingerprint density at radius 1 is 0.900 bits per heavy atom. The Hall–Kier alpha value is -4.30. The van der Waals surface area contributed by atoms with Gasteiger partial charge in [-0.3, -0.25) is 4.79 Å². The van der Waals surface area contributed by atoms with E-state index in [9.17, 15) is 9.59 Å². The minimum absolute atomic E-state index is 0.158.